The van der Waals surface area contributed by atoms with E-state index in [-0.39, 0.29) is 0 Å². The number of hydrogen-bond acceptors (Lipinski definition) is 4. The standard InChI is InChI=1S/C15H25N3O/c1-2-8-19-15-4-3-7-18(12-15)11-13-5-6-17-14(9-13)10-16/h5-6,9,15H,2-4,7-8,10-12,16H2,1H3. The van der Waals surface area contributed by atoms with Gasteiger partial charge in [0.25, 0.3) is 0 Å². The van der Waals surface area contributed by atoms with Crippen molar-refractivity contribution in [1.29, 1.82) is 0 Å². The van der Waals surface area contributed by atoms with Crippen LogP contribution in [-0.2, 0) is 17.8 Å². The first-order chi connectivity index (χ1) is 9.31. The van der Waals surface area contributed by atoms with E-state index in [0.717, 1.165) is 38.4 Å². The maximum atomic E-state index is 5.87. The third kappa shape index (κ3) is 4.56. The summed E-state index contributed by atoms with van der Waals surface area (Å²) < 4.78 is 5.87. The number of ether oxygens (including phenoxy) is 1. The minimum Gasteiger partial charge on any atom is -0.377 e. The summed E-state index contributed by atoms with van der Waals surface area (Å²) >= 11 is 0. The molecule has 1 unspecified atom stereocenters. The Labute approximate surface area is 116 Å². The lowest BCUT2D eigenvalue weighted by molar-refractivity contribution is -0.00223. The van der Waals surface area contributed by atoms with Crippen LogP contribution in [0.4, 0.5) is 0 Å². The Morgan fingerprint density at radius 3 is 3.21 bits per heavy atom. The molecule has 19 heavy (non-hydrogen) atoms. The van der Waals surface area contributed by atoms with Crippen molar-refractivity contribution in [3.8, 4) is 0 Å². The highest BCUT2D eigenvalue weighted by atomic mass is 16.5. The molecule has 1 aromatic rings. The Hall–Kier alpha value is -0.970. The highest BCUT2D eigenvalue weighted by molar-refractivity contribution is 5.16. The van der Waals surface area contributed by atoms with Gasteiger partial charge in [-0.3, -0.25) is 9.88 Å². The van der Waals surface area contributed by atoms with Gasteiger partial charge in [-0.05, 0) is 43.5 Å². The second kappa shape index (κ2) is 7.58. The van der Waals surface area contributed by atoms with Crippen LogP contribution in [0.15, 0.2) is 18.3 Å². The summed E-state index contributed by atoms with van der Waals surface area (Å²) in [4.78, 5) is 6.71. The van der Waals surface area contributed by atoms with Crippen molar-refractivity contribution in [1.82, 2.24) is 9.88 Å². The molecule has 0 saturated carbocycles. The maximum absolute atomic E-state index is 5.87. The van der Waals surface area contributed by atoms with Gasteiger partial charge >= 0.3 is 0 Å². The van der Waals surface area contributed by atoms with Gasteiger partial charge in [0.15, 0.2) is 0 Å². The predicted molar refractivity (Wildman–Crippen MR) is 76.7 cm³/mol. The van der Waals surface area contributed by atoms with Crippen molar-refractivity contribution in [3.63, 3.8) is 0 Å². The van der Waals surface area contributed by atoms with Crippen molar-refractivity contribution in [2.45, 2.75) is 45.4 Å². The van der Waals surface area contributed by atoms with E-state index in [2.05, 4.69) is 28.9 Å². The molecule has 0 bridgehead atoms. The molecule has 1 saturated heterocycles. The normalized spacial score (nSPS) is 20.6. The summed E-state index contributed by atoms with van der Waals surface area (Å²) in [5, 5.41) is 0. The molecule has 4 nitrogen and oxygen atoms in total. The Kier molecular flexibility index (Phi) is 5.76. The van der Waals surface area contributed by atoms with Crippen LogP contribution >= 0.6 is 0 Å². The highest BCUT2D eigenvalue weighted by Crippen LogP contribution is 2.16. The van der Waals surface area contributed by atoms with Gasteiger partial charge in [-0.1, -0.05) is 6.92 Å². The Bertz CT molecular complexity index is 383. The number of hydrogen-bond donors (Lipinski definition) is 1. The highest BCUT2D eigenvalue weighted by Gasteiger charge is 2.20. The summed E-state index contributed by atoms with van der Waals surface area (Å²) in [6.07, 6.45) is 5.78. The number of aromatic nitrogens is 1. The van der Waals surface area contributed by atoms with E-state index in [1.165, 1.54) is 18.4 Å². The van der Waals surface area contributed by atoms with Crippen LogP contribution in [0.1, 0.15) is 37.4 Å². The van der Waals surface area contributed by atoms with E-state index in [1.807, 2.05) is 6.20 Å². The van der Waals surface area contributed by atoms with Gasteiger partial charge in [0, 0.05) is 32.4 Å². The molecule has 0 aromatic carbocycles. The Balaban J connectivity index is 1.87. The van der Waals surface area contributed by atoms with E-state index in [9.17, 15) is 0 Å². The molecule has 1 atom stereocenters. The van der Waals surface area contributed by atoms with E-state index < -0.39 is 0 Å². The SMILES string of the molecule is CCCOC1CCCN(Cc2ccnc(CN)c2)C1. The summed E-state index contributed by atoms with van der Waals surface area (Å²) in [5.41, 5.74) is 7.90. The molecule has 0 spiro atoms. The molecule has 2 rings (SSSR count). The van der Waals surface area contributed by atoms with Crippen molar-refractivity contribution in [3.05, 3.63) is 29.6 Å². The fourth-order valence-electron chi connectivity index (χ4n) is 2.57. The number of rotatable bonds is 6. The van der Waals surface area contributed by atoms with E-state index in [0.29, 0.717) is 12.6 Å². The summed E-state index contributed by atoms with van der Waals surface area (Å²) in [7, 11) is 0. The summed E-state index contributed by atoms with van der Waals surface area (Å²) in [6, 6.07) is 4.19. The predicted octanol–water partition coefficient (Wildman–Crippen LogP) is 1.93. The fourth-order valence-corrected chi connectivity index (χ4v) is 2.57. The van der Waals surface area contributed by atoms with E-state index >= 15 is 0 Å². The zero-order valence-electron chi connectivity index (χ0n) is 11.8. The van der Waals surface area contributed by atoms with Crippen LogP contribution in [0, 0.1) is 0 Å². The van der Waals surface area contributed by atoms with Crippen LogP contribution in [-0.4, -0.2) is 35.7 Å². The van der Waals surface area contributed by atoms with Gasteiger partial charge in [-0.2, -0.15) is 0 Å². The number of piperidine rings is 1. The topological polar surface area (TPSA) is 51.4 Å². The lowest BCUT2D eigenvalue weighted by Crippen LogP contribution is -2.39. The van der Waals surface area contributed by atoms with Crippen molar-refractivity contribution < 1.29 is 4.74 Å². The van der Waals surface area contributed by atoms with Crippen molar-refractivity contribution in [2.24, 2.45) is 5.73 Å². The average molecular weight is 263 g/mol. The molecule has 2 N–H and O–H groups in total. The van der Waals surface area contributed by atoms with Gasteiger partial charge in [0.2, 0.25) is 0 Å². The molecule has 1 aromatic heterocycles. The second-order valence-electron chi connectivity index (χ2n) is 5.23. The smallest absolute Gasteiger partial charge is 0.0702 e. The molecule has 0 aliphatic carbocycles. The Morgan fingerprint density at radius 2 is 2.42 bits per heavy atom. The van der Waals surface area contributed by atoms with Crippen LogP contribution in [0.25, 0.3) is 0 Å². The largest absolute Gasteiger partial charge is 0.377 e. The van der Waals surface area contributed by atoms with E-state index in [1.54, 1.807) is 0 Å². The van der Waals surface area contributed by atoms with Gasteiger partial charge in [0.1, 0.15) is 0 Å². The van der Waals surface area contributed by atoms with Crippen LogP contribution in [0.5, 0.6) is 0 Å². The average Bonchev–Trinajstić information content (AvgIpc) is 2.46. The molecule has 1 fully saturated rings. The first kappa shape index (κ1) is 14.4. The maximum Gasteiger partial charge on any atom is 0.0702 e. The number of nitrogens with two attached hydrogens (primary N) is 1. The van der Waals surface area contributed by atoms with Crippen molar-refractivity contribution in [2.75, 3.05) is 19.7 Å². The summed E-state index contributed by atoms with van der Waals surface area (Å²) in [6.45, 7) is 6.72. The molecule has 0 radical (unpaired) electrons. The fraction of sp³-hybridized carbons (Fsp3) is 0.667. The molecule has 1 aliphatic heterocycles. The van der Waals surface area contributed by atoms with Crippen LogP contribution in [0.2, 0.25) is 0 Å². The van der Waals surface area contributed by atoms with Crippen molar-refractivity contribution >= 4 is 0 Å². The third-order valence-electron chi connectivity index (χ3n) is 3.52. The number of nitrogens with zero attached hydrogens (tertiary/aromatic N) is 2. The first-order valence-corrected chi connectivity index (χ1v) is 7.29. The minimum atomic E-state index is 0.407. The number of pyridine rings is 1. The third-order valence-corrected chi connectivity index (χ3v) is 3.52. The van der Waals surface area contributed by atoms with E-state index in [4.69, 9.17) is 10.5 Å². The number of likely N-dealkylation sites (tertiary alicyclic amines) is 1. The van der Waals surface area contributed by atoms with Gasteiger partial charge < -0.3 is 10.5 Å². The Morgan fingerprint density at radius 1 is 1.53 bits per heavy atom. The minimum absolute atomic E-state index is 0.407. The molecule has 0 amide bonds. The van der Waals surface area contributed by atoms with Crippen LogP contribution in [0.3, 0.4) is 0 Å². The van der Waals surface area contributed by atoms with Crippen LogP contribution < -0.4 is 5.73 Å². The lowest BCUT2D eigenvalue weighted by Gasteiger charge is -2.32. The lowest BCUT2D eigenvalue weighted by atomic mass is 10.1. The molecule has 106 valence electrons. The molecular weight excluding hydrogens is 238 g/mol. The zero-order chi connectivity index (χ0) is 13.5. The quantitative estimate of drug-likeness (QED) is 0.852. The second-order valence-corrected chi connectivity index (χ2v) is 5.23. The summed E-state index contributed by atoms with van der Waals surface area (Å²) in [5.74, 6) is 0. The molecule has 2 heterocycles. The zero-order valence-corrected chi connectivity index (χ0v) is 11.8. The van der Waals surface area contributed by atoms with Gasteiger partial charge in [0.05, 0.1) is 11.8 Å². The first-order valence-electron chi connectivity index (χ1n) is 7.29. The molecular formula is C15H25N3O. The molecule has 1 aliphatic rings. The van der Waals surface area contributed by atoms with Gasteiger partial charge in [-0.15, -0.1) is 0 Å². The molecule has 4 heteroatoms. The van der Waals surface area contributed by atoms with Gasteiger partial charge in [-0.25, -0.2) is 0 Å². The monoisotopic (exact) mass is 263 g/mol.